The van der Waals surface area contributed by atoms with Crippen molar-refractivity contribution in [2.24, 2.45) is 35.5 Å². The average molecular weight is 379 g/mol. The van der Waals surface area contributed by atoms with E-state index >= 15 is 0 Å². The molecule has 0 saturated heterocycles. The van der Waals surface area contributed by atoms with Crippen molar-refractivity contribution in [1.29, 1.82) is 0 Å². The first-order valence-electron chi connectivity index (χ1n) is 11.2. The van der Waals surface area contributed by atoms with Gasteiger partial charge in [-0.15, -0.1) is 13.2 Å². The molecule has 0 heteroatoms. The van der Waals surface area contributed by atoms with E-state index in [1.54, 1.807) is 0 Å². The van der Waals surface area contributed by atoms with Crippen molar-refractivity contribution in [2.75, 3.05) is 0 Å². The first kappa shape index (κ1) is 28.4. The molecule has 6 unspecified atom stereocenters. The lowest BCUT2D eigenvalue weighted by molar-refractivity contribution is 0.277. The molecule has 0 nitrogen and oxygen atoms in total. The summed E-state index contributed by atoms with van der Waals surface area (Å²) in [6.07, 6.45) is 19.3. The number of hydrogen-bond acceptors (Lipinski definition) is 0. The first-order chi connectivity index (χ1) is 12.3. The smallest absolute Gasteiger partial charge is 0 e. The van der Waals surface area contributed by atoms with Gasteiger partial charge in [0.2, 0.25) is 0 Å². The van der Waals surface area contributed by atoms with Crippen LogP contribution in [0.3, 0.4) is 0 Å². The summed E-state index contributed by atoms with van der Waals surface area (Å²) in [4.78, 5) is 0. The Morgan fingerprint density at radius 3 is 1.33 bits per heavy atom. The minimum Gasteiger partial charge on any atom is -0.103 e. The average Bonchev–Trinajstić information content (AvgIpc) is 2.62. The van der Waals surface area contributed by atoms with Gasteiger partial charge in [-0.2, -0.15) is 0 Å². The summed E-state index contributed by atoms with van der Waals surface area (Å²) >= 11 is 0. The first-order valence-corrected chi connectivity index (χ1v) is 11.2. The molecule has 0 N–H and O–H groups in total. The SMILES string of the molecule is C.C=CCC(C)C(C)CC=C.CC1CC=CCC1C.CC1CCCCC1C.[HH]. The van der Waals surface area contributed by atoms with Crippen molar-refractivity contribution in [3.05, 3.63) is 37.5 Å². The molecule has 1 saturated carbocycles. The van der Waals surface area contributed by atoms with Crippen LogP contribution in [0, 0.1) is 35.5 Å². The number of hydrogen-bond donors (Lipinski definition) is 0. The van der Waals surface area contributed by atoms with E-state index in [0.29, 0.717) is 0 Å². The summed E-state index contributed by atoms with van der Waals surface area (Å²) in [5.41, 5.74) is 0. The summed E-state index contributed by atoms with van der Waals surface area (Å²) in [6, 6.07) is 0. The number of rotatable bonds is 5. The molecule has 2 rings (SSSR count). The van der Waals surface area contributed by atoms with Gasteiger partial charge in [-0.3, -0.25) is 0 Å². The summed E-state index contributed by atoms with van der Waals surface area (Å²) in [5.74, 6) is 5.33. The molecule has 0 aliphatic heterocycles. The second-order valence-electron chi connectivity index (χ2n) is 9.14. The zero-order valence-corrected chi connectivity index (χ0v) is 18.8. The predicted molar refractivity (Wildman–Crippen MR) is 130 cm³/mol. The molecular formula is C27H54. The lowest BCUT2D eigenvalue weighted by Gasteiger charge is -2.24. The quantitative estimate of drug-likeness (QED) is 0.417. The molecule has 1 fully saturated rings. The minimum atomic E-state index is 0. The normalized spacial score (nSPS) is 28.8. The van der Waals surface area contributed by atoms with Gasteiger partial charge in [-0.1, -0.05) is 99.0 Å². The fourth-order valence-corrected chi connectivity index (χ4v) is 3.58. The molecule has 0 aromatic carbocycles. The van der Waals surface area contributed by atoms with Crippen LogP contribution in [0.5, 0.6) is 0 Å². The molecule has 0 aromatic rings. The van der Waals surface area contributed by atoms with Crippen LogP contribution in [0.25, 0.3) is 0 Å². The van der Waals surface area contributed by atoms with Crippen molar-refractivity contribution < 1.29 is 1.43 Å². The Labute approximate surface area is 175 Å². The fraction of sp³-hybridized carbons (Fsp3) is 0.778. The highest BCUT2D eigenvalue weighted by molar-refractivity contribution is 4.91. The monoisotopic (exact) mass is 378 g/mol. The summed E-state index contributed by atoms with van der Waals surface area (Å²) < 4.78 is 0. The van der Waals surface area contributed by atoms with Crippen molar-refractivity contribution in [3.8, 4) is 0 Å². The van der Waals surface area contributed by atoms with Crippen LogP contribution >= 0.6 is 0 Å². The van der Waals surface area contributed by atoms with Gasteiger partial charge >= 0.3 is 0 Å². The minimum absolute atomic E-state index is 0. The van der Waals surface area contributed by atoms with Gasteiger partial charge in [-0.25, -0.2) is 0 Å². The van der Waals surface area contributed by atoms with Gasteiger partial charge in [-0.05, 0) is 61.2 Å². The molecule has 0 bridgehead atoms. The van der Waals surface area contributed by atoms with E-state index < -0.39 is 0 Å². The van der Waals surface area contributed by atoms with Gasteiger partial charge in [0.15, 0.2) is 0 Å². The van der Waals surface area contributed by atoms with Crippen molar-refractivity contribution in [2.45, 2.75) is 100 Å². The summed E-state index contributed by atoms with van der Waals surface area (Å²) in [6.45, 7) is 21.4. The second kappa shape index (κ2) is 17.3. The lowest BCUT2D eigenvalue weighted by atomic mass is 9.82. The highest BCUT2D eigenvalue weighted by Crippen LogP contribution is 2.28. The molecule has 2 aliphatic carbocycles. The molecule has 6 atom stereocenters. The van der Waals surface area contributed by atoms with E-state index in [-0.39, 0.29) is 8.85 Å². The molecule has 162 valence electrons. The Bertz CT molecular complexity index is 348. The van der Waals surface area contributed by atoms with Crippen molar-refractivity contribution in [1.82, 2.24) is 0 Å². The highest BCUT2D eigenvalue weighted by Gasteiger charge is 2.15. The van der Waals surface area contributed by atoms with Gasteiger partial charge in [0, 0.05) is 1.43 Å². The highest BCUT2D eigenvalue weighted by atomic mass is 14.2. The standard InChI is InChI=1S/C10H18.C8H16.C8H14.CH4.H2/c1-5-7-9(3)10(4)8-6-2;2*1-7-5-3-4-6-8(7)2;;/h5-6,9-10H,1-2,7-8H2,3-4H3;7-8H,3-6H2,1-2H3;3-4,7-8H,5-6H2,1-2H3;1H4;1H. The largest absolute Gasteiger partial charge is 0.103 e. The Hall–Kier alpha value is -0.780. The second-order valence-corrected chi connectivity index (χ2v) is 9.14. The Balaban J connectivity index is -0.000000325. The van der Waals surface area contributed by atoms with Crippen LogP contribution in [0.2, 0.25) is 0 Å². The Morgan fingerprint density at radius 2 is 1.11 bits per heavy atom. The molecule has 27 heavy (non-hydrogen) atoms. The van der Waals surface area contributed by atoms with Gasteiger partial charge in [0.05, 0.1) is 0 Å². The molecule has 0 radical (unpaired) electrons. The van der Waals surface area contributed by atoms with Crippen LogP contribution < -0.4 is 0 Å². The fourth-order valence-electron chi connectivity index (χ4n) is 3.58. The molecule has 0 heterocycles. The van der Waals surface area contributed by atoms with E-state index in [1.807, 2.05) is 12.2 Å². The third-order valence-electron chi connectivity index (χ3n) is 6.74. The predicted octanol–water partition coefficient (Wildman–Crippen LogP) is 9.73. The lowest BCUT2D eigenvalue weighted by Crippen LogP contribution is -2.12. The number of allylic oxidation sites excluding steroid dienone is 4. The zero-order valence-electron chi connectivity index (χ0n) is 18.8. The summed E-state index contributed by atoms with van der Waals surface area (Å²) in [7, 11) is 0. The van der Waals surface area contributed by atoms with Gasteiger partial charge in [0.1, 0.15) is 0 Å². The van der Waals surface area contributed by atoms with E-state index in [0.717, 1.165) is 48.3 Å². The summed E-state index contributed by atoms with van der Waals surface area (Å²) in [5, 5.41) is 0. The maximum atomic E-state index is 3.72. The van der Waals surface area contributed by atoms with Crippen LogP contribution in [-0.4, -0.2) is 0 Å². The van der Waals surface area contributed by atoms with Crippen LogP contribution in [-0.2, 0) is 0 Å². The van der Waals surface area contributed by atoms with Crippen molar-refractivity contribution >= 4 is 0 Å². The third kappa shape index (κ3) is 14.0. The zero-order chi connectivity index (χ0) is 19.9. The molecule has 0 spiro atoms. The molecule has 0 aromatic heterocycles. The maximum Gasteiger partial charge on any atom is 0 e. The van der Waals surface area contributed by atoms with E-state index in [2.05, 4.69) is 66.9 Å². The van der Waals surface area contributed by atoms with Crippen molar-refractivity contribution in [3.63, 3.8) is 0 Å². The Morgan fingerprint density at radius 1 is 0.778 bits per heavy atom. The third-order valence-corrected chi connectivity index (χ3v) is 6.74. The maximum absolute atomic E-state index is 3.72. The molecule has 2 aliphatic rings. The van der Waals surface area contributed by atoms with E-state index in [9.17, 15) is 0 Å². The van der Waals surface area contributed by atoms with Crippen LogP contribution in [0.1, 0.15) is 102 Å². The van der Waals surface area contributed by atoms with E-state index in [1.165, 1.54) is 38.5 Å². The Kier molecular flexibility index (Phi) is 18.2. The van der Waals surface area contributed by atoms with Gasteiger partial charge in [0.25, 0.3) is 0 Å². The topological polar surface area (TPSA) is 0 Å². The van der Waals surface area contributed by atoms with Crippen LogP contribution in [0.15, 0.2) is 37.5 Å². The van der Waals surface area contributed by atoms with E-state index in [4.69, 9.17) is 0 Å². The van der Waals surface area contributed by atoms with Crippen LogP contribution in [0.4, 0.5) is 0 Å². The molecule has 0 amide bonds. The molecular weight excluding hydrogens is 324 g/mol. The van der Waals surface area contributed by atoms with Gasteiger partial charge < -0.3 is 0 Å².